The minimum absolute atomic E-state index is 0.232. The molecule has 1 saturated heterocycles. The van der Waals surface area contributed by atoms with Crippen LogP contribution in [0.2, 0.25) is 0 Å². The van der Waals surface area contributed by atoms with Crippen molar-refractivity contribution in [3.05, 3.63) is 59.2 Å². The van der Waals surface area contributed by atoms with Gasteiger partial charge in [0.1, 0.15) is 5.75 Å². The molecule has 1 N–H and O–H groups in total. The summed E-state index contributed by atoms with van der Waals surface area (Å²) in [6.07, 6.45) is 3.38. The summed E-state index contributed by atoms with van der Waals surface area (Å²) in [5, 5.41) is 2.91. The lowest BCUT2D eigenvalue weighted by molar-refractivity contribution is 0.0922. The van der Waals surface area contributed by atoms with Crippen LogP contribution in [0.4, 0.5) is 5.69 Å². The van der Waals surface area contributed by atoms with Gasteiger partial charge in [0.05, 0.1) is 23.9 Å². The number of hydrogen-bond donors (Lipinski definition) is 1. The zero-order valence-electron chi connectivity index (χ0n) is 17.0. The van der Waals surface area contributed by atoms with E-state index in [0.29, 0.717) is 23.5 Å². The van der Waals surface area contributed by atoms with Gasteiger partial charge in [0.25, 0.3) is 17.7 Å². The van der Waals surface area contributed by atoms with Crippen molar-refractivity contribution in [1.82, 2.24) is 10.2 Å². The number of anilines is 1. The molecule has 30 heavy (non-hydrogen) atoms. The number of imide groups is 1. The topological polar surface area (TPSA) is 79.0 Å². The predicted octanol–water partition coefficient (Wildman–Crippen LogP) is 2.71. The number of nitrogens with zero attached hydrogens (tertiary/aromatic N) is 2. The zero-order chi connectivity index (χ0) is 21.1. The summed E-state index contributed by atoms with van der Waals surface area (Å²) >= 11 is 0. The Hall–Kier alpha value is -3.19. The third kappa shape index (κ3) is 3.80. The largest absolute Gasteiger partial charge is 0.495 e. The Bertz CT molecular complexity index is 982. The highest BCUT2D eigenvalue weighted by atomic mass is 16.5. The van der Waals surface area contributed by atoms with E-state index in [0.717, 1.165) is 31.0 Å². The molecule has 0 radical (unpaired) electrons. The van der Waals surface area contributed by atoms with Crippen LogP contribution in [0.3, 0.4) is 0 Å². The quantitative estimate of drug-likeness (QED) is 0.564. The summed E-state index contributed by atoms with van der Waals surface area (Å²) in [5.74, 6) is -0.682. The molecule has 0 saturated carbocycles. The van der Waals surface area contributed by atoms with Crippen LogP contribution in [0.5, 0.6) is 5.75 Å². The van der Waals surface area contributed by atoms with E-state index < -0.39 is 11.8 Å². The van der Waals surface area contributed by atoms with E-state index in [-0.39, 0.29) is 17.0 Å². The first kappa shape index (κ1) is 20.1. The Morgan fingerprint density at radius 3 is 2.53 bits per heavy atom. The average Bonchev–Trinajstić information content (AvgIpc) is 3.37. The molecule has 2 aliphatic heterocycles. The third-order valence-electron chi connectivity index (χ3n) is 5.61. The Kier molecular flexibility index (Phi) is 5.81. The fourth-order valence-electron chi connectivity index (χ4n) is 4.03. The van der Waals surface area contributed by atoms with Gasteiger partial charge < -0.3 is 15.0 Å². The highest BCUT2D eigenvalue weighted by Gasteiger charge is 2.38. The molecular formula is C23H25N3O4. The summed E-state index contributed by atoms with van der Waals surface area (Å²) in [7, 11) is 1.49. The highest BCUT2D eigenvalue weighted by molar-refractivity contribution is 6.35. The van der Waals surface area contributed by atoms with Crippen molar-refractivity contribution in [2.24, 2.45) is 0 Å². The molecule has 3 amide bonds. The van der Waals surface area contributed by atoms with Crippen molar-refractivity contribution >= 4 is 23.4 Å². The van der Waals surface area contributed by atoms with Crippen LogP contribution >= 0.6 is 0 Å². The number of benzene rings is 2. The summed E-state index contributed by atoms with van der Waals surface area (Å²) in [6, 6.07) is 11.5. The van der Waals surface area contributed by atoms with Gasteiger partial charge in [-0.15, -0.1) is 0 Å². The smallest absolute Gasteiger partial charge is 0.266 e. The number of rotatable bonds is 7. The monoisotopic (exact) mass is 407 g/mol. The van der Waals surface area contributed by atoms with Gasteiger partial charge in [0, 0.05) is 12.1 Å². The molecule has 7 nitrogen and oxygen atoms in total. The Balaban J connectivity index is 1.45. The van der Waals surface area contributed by atoms with Gasteiger partial charge in [-0.2, -0.15) is 0 Å². The lowest BCUT2D eigenvalue weighted by atomic mass is 10.1. The van der Waals surface area contributed by atoms with Gasteiger partial charge in [-0.3, -0.25) is 14.4 Å². The van der Waals surface area contributed by atoms with E-state index in [4.69, 9.17) is 4.74 Å². The van der Waals surface area contributed by atoms with E-state index in [1.54, 1.807) is 36.4 Å². The van der Waals surface area contributed by atoms with E-state index in [1.807, 2.05) is 0 Å². The number of carbonyl (C=O) groups is 3. The maximum atomic E-state index is 13.0. The number of hydrogen-bond acceptors (Lipinski definition) is 5. The normalized spacial score (nSPS) is 16.1. The fourth-order valence-corrected chi connectivity index (χ4v) is 4.03. The van der Waals surface area contributed by atoms with Crippen molar-refractivity contribution < 1.29 is 19.1 Å². The number of carbonyl (C=O) groups excluding carboxylic acids is 3. The Morgan fingerprint density at radius 2 is 1.77 bits per heavy atom. The van der Waals surface area contributed by atoms with Crippen LogP contribution in [0, 0.1) is 0 Å². The molecule has 0 bridgehead atoms. The van der Waals surface area contributed by atoms with E-state index in [1.165, 1.54) is 26.0 Å². The Labute approximate surface area is 175 Å². The molecule has 2 aromatic carbocycles. The second-order valence-electron chi connectivity index (χ2n) is 7.54. The van der Waals surface area contributed by atoms with Gasteiger partial charge in [0.2, 0.25) is 0 Å². The van der Waals surface area contributed by atoms with Crippen molar-refractivity contribution in [2.45, 2.75) is 19.3 Å². The van der Waals surface area contributed by atoms with Crippen LogP contribution < -0.4 is 15.0 Å². The predicted molar refractivity (Wildman–Crippen MR) is 113 cm³/mol. The van der Waals surface area contributed by atoms with E-state index in [9.17, 15) is 14.4 Å². The first-order valence-electron chi connectivity index (χ1n) is 10.3. The van der Waals surface area contributed by atoms with Crippen molar-refractivity contribution in [3.8, 4) is 5.75 Å². The van der Waals surface area contributed by atoms with Crippen LogP contribution in [0.15, 0.2) is 42.5 Å². The molecule has 0 atom stereocenters. The first-order valence-corrected chi connectivity index (χ1v) is 10.3. The molecule has 0 unspecified atom stereocenters. The molecular weight excluding hydrogens is 382 g/mol. The fraction of sp³-hybridized carbons (Fsp3) is 0.348. The van der Waals surface area contributed by atoms with Crippen molar-refractivity contribution in [2.75, 3.05) is 38.2 Å². The summed E-state index contributed by atoms with van der Waals surface area (Å²) in [4.78, 5) is 41.8. The zero-order valence-corrected chi connectivity index (χ0v) is 17.0. The van der Waals surface area contributed by atoms with Gasteiger partial charge in [0.15, 0.2) is 0 Å². The number of para-hydroxylation sites is 2. The Morgan fingerprint density at radius 1 is 1.03 bits per heavy atom. The molecule has 2 heterocycles. The molecule has 4 rings (SSSR count). The van der Waals surface area contributed by atoms with Gasteiger partial charge in [-0.1, -0.05) is 12.1 Å². The molecule has 1 fully saturated rings. The van der Waals surface area contributed by atoms with E-state index >= 15 is 0 Å². The molecule has 7 heteroatoms. The minimum Gasteiger partial charge on any atom is -0.495 e. The van der Waals surface area contributed by atoms with Gasteiger partial charge in [-0.25, -0.2) is 4.90 Å². The summed E-state index contributed by atoms with van der Waals surface area (Å²) in [5.41, 5.74) is 1.28. The highest BCUT2D eigenvalue weighted by Crippen LogP contribution is 2.34. The molecule has 0 aromatic heterocycles. The molecule has 0 aliphatic carbocycles. The van der Waals surface area contributed by atoms with Crippen molar-refractivity contribution in [1.29, 1.82) is 0 Å². The molecule has 0 spiro atoms. The average molecular weight is 407 g/mol. The van der Waals surface area contributed by atoms with Crippen LogP contribution in [-0.4, -0.2) is 55.9 Å². The summed E-state index contributed by atoms with van der Waals surface area (Å²) < 4.78 is 5.29. The number of methoxy groups -OCH3 is 1. The standard InChI is InChI=1S/C23H25N3O4/c1-30-20-8-3-2-7-19(20)26-22(28)17-10-9-16(15-18(17)23(26)29)21(27)24-11-6-14-25-12-4-5-13-25/h2-3,7-10,15H,4-6,11-14H2,1H3,(H,24,27). The second-order valence-corrected chi connectivity index (χ2v) is 7.54. The first-order chi connectivity index (χ1) is 14.6. The maximum absolute atomic E-state index is 13.0. The SMILES string of the molecule is COc1ccccc1N1C(=O)c2ccc(C(=O)NCCCN3CCCC3)cc2C1=O. The summed E-state index contributed by atoms with van der Waals surface area (Å²) in [6.45, 7) is 3.83. The third-order valence-corrected chi connectivity index (χ3v) is 5.61. The van der Waals surface area contributed by atoms with Crippen LogP contribution in [0.1, 0.15) is 50.3 Å². The molecule has 2 aromatic rings. The second kappa shape index (κ2) is 8.67. The number of nitrogens with one attached hydrogen (secondary N) is 1. The number of fused-ring (bicyclic) bond motifs is 1. The molecule has 156 valence electrons. The van der Waals surface area contributed by atoms with E-state index in [2.05, 4.69) is 10.2 Å². The number of likely N-dealkylation sites (tertiary alicyclic amines) is 1. The van der Waals surface area contributed by atoms with Gasteiger partial charge in [-0.05, 0) is 69.2 Å². The minimum atomic E-state index is -0.455. The number of amides is 3. The van der Waals surface area contributed by atoms with Crippen LogP contribution in [0.25, 0.3) is 0 Å². The maximum Gasteiger partial charge on any atom is 0.266 e. The lowest BCUT2D eigenvalue weighted by Gasteiger charge is -2.16. The number of ether oxygens (including phenoxy) is 1. The van der Waals surface area contributed by atoms with Crippen molar-refractivity contribution in [3.63, 3.8) is 0 Å². The van der Waals surface area contributed by atoms with Crippen LogP contribution in [-0.2, 0) is 0 Å². The van der Waals surface area contributed by atoms with Gasteiger partial charge >= 0.3 is 0 Å². The molecule has 2 aliphatic rings. The lowest BCUT2D eigenvalue weighted by Crippen LogP contribution is -2.29.